The van der Waals surface area contributed by atoms with Crippen molar-refractivity contribution in [3.8, 4) is 11.5 Å². The van der Waals surface area contributed by atoms with Crippen LogP contribution in [0.15, 0.2) is 30.6 Å². The molecule has 0 N–H and O–H groups in total. The maximum absolute atomic E-state index is 12.9. The van der Waals surface area contributed by atoms with E-state index >= 15 is 0 Å². The van der Waals surface area contributed by atoms with E-state index in [9.17, 15) is 4.79 Å². The number of hydrogen-bond donors (Lipinski definition) is 0. The predicted molar refractivity (Wildman–Crippen MR) is 77.9 cm³/mol. The Kier molecular flexibility index (Phi) is 2.99. The monoisotopic (exact) mass is 300 g/mol. The minimum atomic E-state index is -0.682. The molecule has 1 aromatic carbocycles. The lowest BCUT2D eigenvalue weighted by Crippen LogP contribution is -2.52. The molecule has 1 amide bonds. The van der Waals surface area contributed by atoms with Crippen LogP contribution in [0.2, 0.25) is 0 Å². The van der Waals surface area contributed by atoms with Crippen molar-refractivity contribution >= 4 is 11.9 Å². The first-order valence-electron chi connectivity index (χ1n) is 7.35. The summed E-state index contributed by atoms with van der Waals surface area (Å²) in [6.07, 6.45) is 1.28. The van der Waals surface area contributed by atoms with Crippen molar-refractivity contribution < 1.29 is 14.3 Å². The van der Waals surface area contributed by atoms with Crippen LogP contribution in [0.25, 0.3) is 0 Å². The fourth-order valence-electron chi connectivity index (χ4n) is 2.86. The summed E-state index contributed by atoms with van der Waals surface area (Å²) in [6.45, 7) is 3.23. The second-order valence-electron chi connectivity index (χ2n) is 5.43. The molecule has 114 valence electrons. The molecular weight excluding hydrogens is 284 g/mol. The lowest BCUT2D eigenvalue weighted by atomic mass is 10.1. The van der Waals surface area contributed by atoms with Gasteiger partial charge in [-0.25, -0.2) is 4.68 Å². The highest BCUT2D eigenvalue weighted by Crippen LogP contribution is 2.34. The quantitative estimate of drug-likeness (QED) is 0.792. The average molecular weight is 300 g/mol. The van der Waals surface area contributed by atoms with Gasteiger partial charge in [-0.1, -0.05) is 12.1 Å². The minimum Gasteiger partial charge on any atom is -0.482 e. The van der Waals surface area contributed by atoms with Gasteiger partial charge in [-0.2, -0.15) is 10.1 Å². The number of hydrogen-bond acceptors (Lipinski definition) is 5. The number of carbonyl (C=O) groups excluding carboxylic acids is 1. The summed E-state index contributed by atoms with van der Waals surface area (Å²) in [4.78, 5) is 18.7. The van der Waals surface area contributed by atoms with Crippen LogP contribution in [-0.4, -0.2) is 39.4 Å². The Morgan fingerprint density at radius 1 is 1.23 bits per heavy atom. The van der Waals surface area contributed by atoms with Gasteiger partial charge in [0, 0.05) is 13.1 Å². The molecule has 2 atom stereocenters. The number of para-hydroxylation sites is 2. The minimum absolute atomic E-state index is 0.143. The number of aryl methyl sites for hydroxylation is 1. The number of amides is 1. The van der Waals surface area contributed by atoms with Crippen LogP contribution in [0.1, 0.15) is 13.3 Å². The number of carbonyl (C=O) groups is 1. The van der Waals surface area contributed by atoms with E-state index in [1.54, 1.807) is 15.6 Å². The molecule has 1 aromatic heterocycles. The highest BCUT2D eigenvalue weighted by molar-refractivity contribution is 5.96. The van der Waals surface area contributed by atoms with Crippen LogP contribution in [-0.2, 0) is 11.3 Å². The Bertz CT molecular complexity index is 714. The number of benzene rings is 1. The van der Waals surface area contributed by atoms with Gasteiger partial charge in [-0.3, -0.25) is 9.69 Å². The van der Waals surface area contributed by atoms with Gasteiger partial charge in [-0.05, 0) is 25.5 Å². The van der Waals surface area contributed by atoms with Crippen molar-refractivity contribution in [2.24, 2.45) is 0 Å². The Morgan fingerprint density at radius 3 is 2.82 bits per heavy atom. The van der Waals surface area contributed by atoms with E-state index in [-0.39, 0.29) is 12.0 Å². The van der Waals surface area contributed by atoms with E-state index in [1.807, 2.05) is 25.1 Å². The Hall–Kier alpha value is -2.57. The molecule has 0 fully saturated rings. The van der Waals surface area contributed by atoms with E-state index in [0.717, 1.165) is 13.0 Å². The molecule has 4 rings (SSSR count). The number of anilines is 1. The van der Waals surface area contributed by atoms with Crippen molar-refractivity contribution in [3.63, 3.8) is 0 Å². The van der Waals surface area contributed by atoms with Crippen LogP contribution in [0.3, 0.4) is 0 Å². The molecule has 2 aromatic rings. The molecule has 0 saturated heterocycles. The van der Waals surface area contributed by atoms with Crippen molar-refractivity contribution in [1.82, 2.24) is 14.8 Å². The zero-order valence-corrected chi connectivity index (χ0v) is 12.2. The number of aromatic nitrogens is 3. The molecule has 0 aliphatic carbocycles. The Balaban J connectivity index is 1.62. The van der Waals surface area contributed by atoms with Crippen molar-refractivity contribution in [2.45, 2.75) is 32.1 Å². The molecule has 3 heterocycles. The van der Waals surface area contributed by atoms with E-state index in [0.29, 0.717) is 24.0 Å². The number of rotatable bonds is 1. The molecular formula is C15H16N4O3. The second-order valence-corrected chi connectivity index (χ2v) is 5.43. The second kappa shape index (κ2) is 5.01. The molecule has 7 heteroatoms. The van der Waals surface area contributed by atoms with Gasteiger partial charge in [-0.15, -0.1) is 0 Å². The van der Waals surface area contributed by atoms with Crippen LogP contribution in [0.5, 0.6) is 11.5 Å². The average Bonchev–Trinajstić information content (AvgIpc) is 3.02. The molecule has 22 heavy (non-hydrogen) atoms. The first-order valence-corrected chi connectivity index (χ1v) is 7.35. The zero-order chi connectivity index (χ0) is 15.1. The molecule has 0 radical (unpaired) electrons. The first kappa shape index (κ1) is 13.1. The third-order valence-corrected chi connectivity index (χ3v) is 3.94. The highest BCUT2D eigenvalue weighted by atomic mass is 16.6. The maximum atomic E-state index is 12.9. The van der Waals surface area contributed by atoms with Crippen molar-refractivity contribution in [3.05, 3.63) is 30.6 Å². The van der Waals surface area contributed by atoms with E-state index in [4.69, 9.17) is 9.47 Å². The molecule has 0 unspecified atom stereocenters. The van der Waals surface area contributed by atoms with Crippen LogP contribution in [0.4, 0.5) is 5.95 Å². The predicted octanol–water partition coefficient (Wildman–Crippen LogP) is 1.24. The van der Waals surface area contributed by atoms with Gasteiger partial charge in [0.1, 0.15) is 12.4 Å². The molecule has 7 nitrogen and oxygen atoms in total. The molecule has 0 bridgehead atoms. The summed E-state index contributed by atoms with van der Waals surface area (Å²) in [5, 5.41) is 4.13. The van der Waals surface area contributed by atoms with E-state index < -0.39 is 6.10 Å². The summed E-state index contributed by atoms with van der Waals surface area (Å²) in [5.41, 5.74) is 0. The van der Waals surface area contributed by atoms with E-state index in [1.165, 1.54) is 6.33 Å². The zero-order valence-electron chi connectivity index (χ0n) is 12.2. The largest absolute Gasteiger partial charge is 0.482 e. The number of fused-ring (bicyclic) bond motifs is 2. The number of nitrogens with zero attached hydrogens (tertiary/aromatic N) is 4. The molecule has 0 saturated carbocycles. The summed E-state index contributed by atoms with van der Waals surface area (Å²) in [7, 11) is 0. The first-order chi connectivity index (χ1) is 10.7. The molecule has 2 aliphatic heterocycles. The highest BCUT2D eigenvalue weighted by Gasteiger charge is 2.39. The third kappa shape index (κ3) is 2.01. The van der Waals surface area contributed by atoms with Crippen LogP contribution >= 0.6 is 0 Å². The SMILES string of the molecule is C[C@H]1Oc2ccccc2O[C@@H]1C(=O)N1CCCn2ncnc21. The van der Waals surface area contributed by atoms with Gasteiger partial charge >= 0.3 is 0 Å². The summed E-state index contributed by atoms with van der Waals surface area (Å²) < 4.78 is 13.4. The standard InChI is InChI=1S/C15H16N4O3/c1-10-13(22-12-6-3-2-5-11(12)21-10)14(20)18-7-4-8-19-15(18)16-9-17-19/h2-3,5-6,9-10,13H,4,7-8H2,1H3/t10-,13+/m1/s1. The normalized spacial score (nSPS) is 23.0. The smallest absolute Gasteiger partial charge is 0.274 e. The third-order valence-electron chi connectivity index (χ3n) is 3.94. The van der Waals surface area contributed by atoms with Gasteiger partial charge in [0.05, 0.1) is 0 Å². The van der Waals surface area contributed by atoms with Crippen molar-refractivity contribution in [1.29, 1.82) is 0 Å². The van der Waals surface area contributed by atoms with E-state index in [2.05, 4.69) is 10.1 Å². The Morgan fingerprint density at radius 2 is 2.00 bits per heavy atom. The van der Waals surface area contributed by atoms with Crippen LogP contribution < -0.4 is 14.4 Å². The van der Waals surface area contributed by atoms with Gasteiger partial charge in [0.2, 0.25) is 12.1 Å². The molecule has 0 spiro atoms. The topological polar surface area (TPSA) is 69.5 Å². The van der Waals surface area contributed by atoms with Gasteiger partial charge in [0.25, 0.3) is 5.91 Å². The summed E-state index contributed by atoms with van der Waals surface area (Å²) in [5.74, 6) is 1.69. The Labute approximate surface area is 127 Å². The maximum Gasteiger partial charge on any atom is 0.274 e. The van der Waals surface area contributed by atoms with Gasteiger partial charge in [0.15, 0.2) is 11.5 Å². The van der Waals surface area contributed by atoms with Crippen LogP contribution in [0, 0.1) is 0 Å². The van der Waals surface area contributed by atoms with Crippen molar-refractivity contribution in [2.75, 3.05) is 11.4 Å². The molecule has 2 aliphatic rings. The summed E-state index contributed by atoms with van der Waals surface area (Å²) in [6, 6.07) is 7.38. The number of ether oxygens (including phenoxy) is 2. The lowest BCUT2D eigenvalue weighted by molar-refractivity contribution is -0.130. The van der Waals surface area contributed by atoms with Gasteiger partial charge < -0.3 is 9.47 Å². The summed E-state index contributed by atoms with van der Waals surface area (Å²) >= 11 is 0. The fourth-order valence-corrected chi connectivity index (χ4v) is 2.86. The lowest BCUT2D eigenvalue weighted by Gasteiger charge is -2.35. The fraction of sp³-hybridized carbons (Fsp3) is 0.400.